The lowest BCUT2D eigenvalue weighted by Crippen LogP contribution is -2.28. The number of nitrogens with zero attached hydrogens (tertiary/aromatic N) is 3. The standard InChI is InChI=1S/C21H17ClN4O3/c22-15-3-1-4-17(12-15)26-13-14(11-19(26)27)20(28)25-16-5-7-18(8-6-16)29-21-23-9-2-10-24-21/h1-10,12,14H,11,13H2,(H,25,28). The van der Waals surface area contributed by atoms with Gasteiger partial charge in [-0.1, -0.05) is 17.7 Å². The van der Waals surface area contributed by atoms with E-state index < -0.39 is 5.92 Å². The van der Waals surface area contributed by atoms with Crippen LogP contribution in [0.3, 0.4) is 0 Å². The van der Waals surface area contributed by atoms with Crippen LogP contribution in [-0.4, -0.2) is 28.3 Å². The summed E-state index contributed by atoms with van der Waals surface area (Å²) in [6.07, 6.45) is 3.34. The summed E-state index contributed by atoms with van der Waals surface area (Å²) in [4.78, 5) is 34.5. The van der Waals surface area contributed by atoms with Gasteiger partial charge in [0.05, 0.1) is 5.92 Å². The quantitative estimate of drug-likeness (QED) is 0.691. The second kappa shape index (κ2) is 8.28. The highest BCUT2D eigenvalue weighted by Crippen LogP contribution is 2.28. The molecule has 4 rings (SSSR count). The van der Waals surface area contributed by atoms with E-state index in [4.69, 9.17) is 16.3 Å². The average molecular weight is 409 g/mol. The number of rotatable bonds is 5. The lowest BCUT2D eigenvalue weighted by Gasteiger charge is -2.17. The summed E-state index contributed by atoms with van der Waals surface area (Å²) in [7, 11) is 0. The summed E-state index contributed by atoms with van der Waals surface area (Å²) in [5, 5.41) is 3.40. The van der Waals surface area contributed by atoms with Gasteiger partial charge in [0.2, 0.25) is 11.8 Å². The number of anilines is 2. The van der Waals surface area contributed by atoms with Gasteiger partial charge in [-0.25, -0.2) is 9.97 Å². The summed E-state index contributed by atoms with van der Waals surface area (Å²) >= 11 is 6.01. The van der Waals surface area contributed by atoms with Gasteiger partial charge in [0.15, 0.2) is 0 Å². The SMILES string of the molecule is O=C(Nc1ccc(Oc2ncccn2)cc1)C1CC(=O)N(c2cccc(Cl)c2)C1. The number of carbonyl (C=O) groups excluding carboxylic acids is 2. The zero-order valence-corrected chi connectivity index (χ0v) is 16.0. The zero-order valence-electron chi connectivity index (χ0n) is 15.3. The maximum Gasteiger partial charge on any atom is 0.321 e. The number of hydrogen-bond acceptors (Lipinski definition) is 5. The smallest absolute Gasteiger partial charge is 0.321 e. The molecule has 7 nitrogen and oxygen atoms in total. The zero-order chi connectivity index (χ0) is 20.2. The number of carbonyl (C=O) groups is 2. The summed E-state index contributed by atoms with van der Waals surface area (Å²) in [6.45, 7) is 0.317. The van der Waals surface area contributed by atoms with Crippen LogP contribution in [0.4, 0.5) is 11.4 Å². The summed E-state index contributed by atoms with van der Waals surface area (Å²) < 4.78 is 5.53. The Balaban J connectivity index is 1.37. The minimum absolute atomic E-state index is 0.0981. The van der Waals surface area contributed by atoms with Crippen LogP contribution in [0.15, 0.2) is 67.0 Å². The molecule has 1 aliphatic rings. The van der Waals surface area contributed by atoms with E-state index in [1.165, 1.54) is 0 Å². The van der Waals surface area contributed by atoms with E-state index in [9.17, 15) is 9.59 Å². The van der Waals surface area contributed by atoms with Crippen LogP contribution in [0.1, 0.15) is 6.42 Å². The second-order valence-corrected chi connectivity index (χ2v) is 6.97. The number of benzene rings is 2. The molecule has 3 aromatic rings. The van der Waals surface area contributed by atoms with Crippen molar-refractivity contribution in [3.63, 3.8) is 0 Å². The second-order valence-electron chi connectivity index (χ2n) is 6.53. The molecule has 0 radical (unpaired) electrons. The minimum atomic E-state index is -0.435. The molecule has 1 unspecified atom stereocenters. The van der Waals surface area contributed by atoms with E-state index in [-0.39, 0.29) is 24.2 Å². The molecule has 0 saturated carbocycles. The van der Waals surface area contributed by atoms with Crippen molar-refractivity contribution < 1.29 is 14.3 Å². The van der Waals surface area contributed by atoms with Crippen molar-refractivity contribution >= 4 is 34.8 Å². The Morgan fingerprint density at radius 1 is 1.10 bits per heavy atom. The number of hydrogen-bond donors (Lipinski definition) is 1. The molecule has 0 aliphatic carbocycles. The highest BCUT2D eigenvalue weighted by molar-refractivity contribution is 6.31. The first-order chi connectivity index (χ1) is 14.1. The molecule has 2 aromatic carbocycles. The molecular weight excluding hydrogens is 392 g/mol. The van der Waals surface area contributed by atoms with Crippen LogP contribution >= 0.6 is 11.6 Å². The summed E-state index contributed by atoms with van der Waals surface area (Å²) in [5.41, 5.74) is 1.31. The fraction of sp³-hybridized carbons (Fsp3) is 0.143. The molecule has 1 atom stereocenters. The Bertz CT molecular complexity index is 1030. The first-order valence-corrected chi connectivity index (χ1v) is 9.38. The van der Waals surface area contributed by atoms with Crippen molar-refractivity contribution in [1.29, 1.82) is 0 Å². The van der Waals surface area contributed by atoms with Crippen LogP contribution in [-0.2, 0) is 9.59 Å². The van der Waals surface area contributed by atoms with E-state index in [1.807, 2.05) is 0 Å². The molecule has 1 saturated heterocycles. The van der Waals surface area contributed by atoms with Crippen molar-refractivity contribution in [2.24, 2.45) is 5.92 Å². The van der Waals surface area contributed by atoms with E-state index in [1.54, 1.807) is 71.9 Å². The lowest BCUT2D eigenvalue weighted by molar-refractivity contribution is -0.122. The van der Waals surface area contributed by atoms with Gasteiger partial charge < -0.3 is 15.0 Å². The lowest BCUT2D eigenvalue weighted by atomic mass is 10.1. The van der Waals surface area contributed by atoms with Crippen molar-refractivity contribution in [2.45, 2.75) is 6.42 Å². The van der Waals surface area contributed by atoms with Gasteiger partial charge in [-0.2, -0.15) is 0 Å². The van der Waals surface area contributed by atoms with E-state index in [0.717, 1.165) is 0 Å². The molecule has 1 aromatic heterocycles. The Morgan fingerprint density at radius 2 is 1.86 bits per heavy atom. The maximum atomic E-state index is 12.6. The Labute approximate surface area is 172 Å². The third-order valence-electron chi connectivity index (χ3n) is 4.49. The van der Waals surface area contributed by atoms with Crippen LogP contribution < -0.4 is 15.0 Å². The van der Waals surface area contributed by atoms with Crippen LogP contribution in [0.25, 0.3) is 0 Å². The number of ether oxygens (including phenoxy) is 1. The van der Waals surface area contributed by atoms with Gasteiger partial charge in [-0.3, -0.25) is 9.59 Å². The normalized spacial score (nSPS) is 16.0. The Morgan fingerprint density at radius 3 is 2.59 bits per heavy atom. The molecule has 29 heavy (non-hydrogen) atoms. The highest BCUT2D eigenvalue weighted by atomic mass is 35.5. The highest BCUT2D eigenvalue weighted by Gasteiger charge is 2.35. The summed E-state index contributed by atoms with van der Waals surface area (Å²) in [6, 6.07) is 15.9. The van der Waals surface area contributed by atoms with Crippen molar-refractivity contribution in [3.8, 4) is 11.8 Å². The Hall–Kier alpha value is -3.45. The van der Waals surface area contributed by atoms with Gasteiger partial charge in [-0.15, -0.1) is 0 Å². The first kappa shape index (κ1) is 18.9. The summed E-state index contributed by atoms with van der Waals surface area (Å²) in [5.74, 6) is -0.186. The number of halogens is 1. The molecular formula is C21H17ClN4O3. The minimum Gasteiger partial charge on any atom is -0.424 e. The fourth-order valence-corrected chi connectivity index (χ4v) is 3.26. The predicted molar refractivity (Wildman–Crippen MR) is 109 cm³/mol. The average Bonchev–Trinajstić information content (AvgIpc) is 3.12. The predicted octanol–water partition coefficient (Wildman–Crippen LogP) is 3.91. The molecule has 0 spiro atoms. The third kappa shape index (κ3) is 4.52. The maximum absolute atomic E-state index is 12.6. The van der Waals surface area contributed by atoms with Gasteiger partial charge >= 0.3 is 6.01 Å². The first-order valence-electron chi connectivity index (χ1n) is 9.00. The molecule has 2 heterocycles. The van der Waals surface area contributed by atoms with Gasteiger partial charge in [0.25, 0.3) is 0 Å². The molecule has 1 N–H and O–H groups in total. The number of aromatic nitrogens is 2. The van der Waals surface area contributed by atoms with Crippen molar-refractivity contribution in [1.82, 2.24) is 9.97 Å². The molecule has 8 heteroatoms. The molecule has 1 fully saturated rings. The number of amides is 2. The van der Waals surface area contributed by atoms with Crippen LogP contribution in [0.2, 0.25) is 5.02 Å². The molecule has 2 amide bonds. The van der Waals surface area contributed by atoms with E-state index in [2.05, 4.69) is 15.3 Å². The van der Waals surface area contributed by atoms with Crippen LogP contribution in [0.5, 0.6) is 11.8 Å². The van der Waals surface area contributed by atoms with Gasteiger partial charge in [0, 0.05) is 41.8 Å². The Kier molecular flexibility index (Phi) is 5.39. The van der Waals surface area contributed by atoms with Gasteiger partial charge in [-0.05, 0) is 48.5 Å². The van der Waals surface area contributed by atoms with E-state index >= 15 is 0 Å². The third-order valence-corrected chi connectivity index (χ3v) is 4.72. The van der Waals surface area contributed by atoms with Crippen molar-refractivity contribution in [2.75, 3.05) is 16.8 Å². The van der Waals surface area contributed by atoms with Crippen LogP contribution in [0, 0.1) is 5.92 Å². The molecule has 1 aliphatic heterocycles. The van der Waals surface area contributed by atoms with Gasteiger partial charge in [0.1, 0.15) is 5.75 Å². The largest absolute Gasteiger partial charge is 0.424 e. The number of nitrogens with one attached hydrogen (secondary N) is 1. The molecule has 0 bridgehead atoms. The van der Waals surface area contributed by atoms with E-state index in [0.29, 0.717) is 28.7 Å². The monoisotopic (exact) mass is 408 g/mol. The molecule has 146 valence electrons. The topological polar surface area (TPSA) is 84.4 Å². The van der Waals surface area contributed by atoms with Crippen molar-refractivity contribution in [3.05, 3.63) is 72.0 Å². The fourth-order valence-electron chi connectivity index (χ4n) is 3.07.